The molecule has 0 fully saturated rings. The monoisotopic (exact) mass is 407 g/mol. The number of rotatable bonds is 13. The fourth-order valence-electron chi connectivity index (χ4n) is 3.22. The average Bonchev–Trinajstić information content (AvgIpc) is 2.73. The van der Waals surface area contributed by atoms with Crippen molar-refractivity contribution in [2.45, 2.75) is 59.5 Å². The smallest absolute Gasteiger partial charge is 0.244 e. The number of carbonyl (C=O) groups is 1. The molecule has 0 radical (unpaired) electrons. The van der Waals surface area contributed by atoms with Crippen LogP contribution >= 0.6 is 0 Å². The van der Waals surface area contributed by atoms with Gasteiger partial charge in [0.1, 0.15) is 0 Å². The van der Waals surface area contributed by atoms with Gasteiger partial charge in [0.15, 0.2) is 0 Å². The molecule has 162 valence electrons. The van der Waals surface area contributed by atoms with Gasteiger partial charge in [-0.2, -0.15) is 0 Å². The van der Waals surface area contributed by atoms with Crippen LogP contribution in [0.1, 0.15) is 58.4 Å². The first-order chi connectivity index (χ1) is 14.5. The minimum atomic E-state index is -0.00506. The molecule has 0 aromatic heterocycles. The first kappa shape index (κ1) is 23.9. The molecule has 2 aromatic carbocycles. The molecule has 1 N–H and O–H groups in total. The van der Waals surface area contributed by atoms with Gasteiger partial charge in [-0.1, -0.05) is 75.2 Å². The Labute approximate surface area is 182 Å². The number of hydrogen-bond donors (Lipinski definition) is 1. The summed E-state index contributed by atoms with van der Waals surface area (Å²) in [5, 5.41) is 5.45. The lowest BCUT2D eigenvalue weighted by Gasteiger charge is -2.06. The van der Waals surface area contributed by atoms with Crippen molar-refractivity contribution in [2.24, 2.45) is 5.92 Å². The Kier molecular flexibility index (Phi) is 11.0. The third kappa shape index (κ3) is 9.89. The maximum Gasteiger partial charge on any atom is 0.244 e. The van der Waals surface area contributed by atoms with Crippen LogP contribution in [0, 0.1) is 5.92 Å². The molecule has 0 saturated heterocycles. The molecule has 0 bridgehead atoms. The maximum absolute atomic E-state index is 11.7. The van der Waals surface area contributed by atoms with Crippen LogP contribution in [0.15, 0.2) is 66.3 Å². The Morgan fingerprint density at radius 3 is 2.60 bits per heavy atom. The number of carbonyl (C=O) groups excluding carboxylic acids is 1. The molecule has 0 atom stereocenters. The van der Waals surface area contributed by atoms with E-state index in [1.54, 1.807) is 6.08 Å². The van der Waals surface area contributed by atoms with E-state index in [2.05, 4.69) is 67.7 Å². The third-order valence-electron chi connectivity index (χ3n) is 4.92. The second-order valence-corrected chi connectivity index (χ2v) is 8.37. The van der Waals surface area contributed by atoms with E-state index >= 15 is 0 Å². The van der Waals surface area contributed by atoms with Crippen LogP contribution in [0.5, 0.6) is 0 Å². The molecule has 0 saturated carbocycles. The minimum absolute atomic E-state index is 0.00506. The number of nitrogens with one attached hydrogen (secondary N) is 1. The van der Waals surface area contributed by atoms with Gasteiger partial charge in [-0.3, -0.25) is 4.79 Å². The lowest BCUT2D eigenvalue weighted by molar-refractivity contribution is -0.116. The Morgan fingerprint density at radius 1 is 1.03 bits per heavy atom. The predicted molar refractivity (Wildman–Crippen MR) is 127 cm³/mol. The van der Waals surface area contributed by atoms with Crippen LogP contribution in [0.25, 0.3) is 10.8 Å². The summed E-state index contributed by atoms with van der Waals surface area (Å²) in [5.41, 5.74) is 2.23. The maximum atomic E-state index is 11.7. The molecule has 0 spiro atoms. The molecule has 0 aliphatic rings. The summed E-state index contributed by atoms with van der Waals surface area (Å²) >= 11 is 0. The summed E-state index contributed by atoms with van der Waals surface area (Å²) in [4.78, 5) is 11.7. The van der Waals surface area contributed by atoms with Crippen LogP contribution in [0.3, 0.4) is 0 Å². The largest absolute Gasteiger partial charge is 0.377 e. The fourth-order valence-corrected chi connectivity index (χ4v) is 3.22. The van der Waals surface area contributed by atoms with Crippen molar-refractivity contribution in [1.82, 2.24) is 5.32 Å². The quantitative estimate of drug-likeness (QED) is 0.231. The molecule has 3 heteroatoms. The SMILES string of the molecule is CC(/C=C/CCCCCCOCc1ccc2ccccc2c1)=C\C(=O)NCC(C)C. The molecular formula is C27H37NO2. The van der Waals surface area contributed by atoms with Gasteiger partial charge >= 0.3 is 0 Å². The summed E-state index contributed by atoms with van der Waals surface area (Å²) in [6.45, 7) is 8.37. The molecule has 1 amide bonds. The van der Waals surface area contributed by atoms with Gasteiger partial charge < -0.3 is 10.1 Å². The summed E-state index contributed by atoms with van der Waals surface area (Å²) in [6, 6.07) is 15.0. The van der Waals surface area contributed by atoms with Crippen molar-refractivity contribution in [1.29, 1.82) is 0 Å². The summed E-state index contributed by atoms with van der Waals surface area (Å²) < 4.78 is 5.84. The molecule has 2 aromatic rings. The lowest BCUT2D eigenvalue weighted by atomic mass is 10.1. The van der Waals surface area contributed by atoms with Gasteiger partial charge in [0, 0.05) is 19.2 Å². The molecule has 3 nitrogen and oxygen atoms in total. The molecule has 0 aliphatic carbocycles. The van der Waals surface area contributed by atoms with Crippen molar-refractivity contribution in [3.8, 4) is 0 Å². The zero-order valence-corrected chi connectivity index (χ0v) is 18.8. The van der Waals surface area contributed by atoms with E-state index in [0.717, 1.165) is 31.6 Å². The molecule has 0 heterocycles. The first-order valence-electron chi connectivity index (χ1n) is 11.2. The first-order valence-corrected chi connectivity index (χ1v) is 11.2. The zero-order valence-electron chi connectivity index (χ0n) is 18.8. The Morgan fingerprint density at radius 2 is 1.80 bits per heavy atom. The number of hydrogen-bond acceptors (Lipinski definition) is 2. The van der Waals surface area contributed by atoms with E-state index in [-0.39, 0.29) is 5.91 Å². The summed E-state index contributed by atoms with van der Waals surface area (Å²) in [5.74, 6) is 0.469. The summed E-state index contributed by atoms with van der Waals surface area (Å²) in [6.07, 6.45) is 11.6. The molecule has 0 unspecified atom stereocenters. The Bertz CT molecular complexity index is 836. The van der Waals surface area contributed by atoms with E-state index in [4.69, 9.17) is 4.74 Å². The van der Waals surface area contributed by atoms with Gasteiger partial charge in [-0.05, 0) is 60.1 Å². The highest BCUT2D eigenvalue weighted by Crippen LogP contribution is 2.16. The van der Waals surface area contributed by atoms with Crippen molar-refractivity contribution in [3.05, 3.63) is 71.8 Å². The molecule has 30 heavy (non-hydrogen) atoms. The lowest BCUT2D eigenvalue weighted by Crippen LogP contribution is -2.25. The predicted octanol–water partition coefficient (Wildman–Crippen LogP) is 6.58. The van der Waals surface area contributed by atoms with Crippen LogP contribution < -0.4 is 5.32 Å². The number of allylic oxidation sites excluding steroid dienone is 3. The number of benzene rings is 2. The van der Waals surface area contributed by atoms with Gasteiger partial charge in [0.2, 0.25) is 5.91 Å². The van der Waals surface area contributed by atoms with Crippen LogP contribution in [0.2, 0.25) is 0 Å². The normalized spacial score (nSPS) is 12.2. The van der Waals surface area contributed by atoms with Crippen LogP contribution in [0.4, 0.5) is 0 Å². The van der Waals surface area contributed by atoms with Gasteiger partial charge in [0.05, 0.1) is 6.61 Å². The fraction of sp³-hybridized carbons (Fsp3) is 0.444. The Hall–Kier alpha value is -2.39. The number of fused-ring (bicyclic) bond motifs is 1. The molecular weight excluding hydrogens is 370 g/mol. The van der Waals surface area contributed by atoms with Crippen molar-refractivity contribution < 1.29 is 9.53 Å². The van der Waals surface area contributed by atoms with E-state index in [9.17, 15) is 4.79 Å². The highest BCUT2D eigenvalue weighted by atomic mass is 16.5. The van der Waals surface area contributed by atoms with Gasteiger partial charge in [0.25, 0.3) is 0 Å². The number of amides is 1. The molecule has 0 aliphatic heterocycles. The second-order valence-electron chi connectivity index (χ2n) is 8.37. The minimum Gasteiger partial charge on any atom is -0.377 e. The van der Waals surface area contributed by atoms with Crippen LogP contribution in [-0.2, 0) is 16.1 Å². The van der Waals surface area contributed by atoms with E-state index in [1.807, 2.05) is 13.0 Å². The van der Waals surface area contributed by atoms with Gasteiger partial charge in [-0.15, -0.1) is 0 Å². The van der Waals surface area contributed by atoms with Crippen molar-refractivity contribution in [2.75, 3.05) is 13.2 Å². The average molecular weight is 408 g/mol. The second kappa shape index (κ2) is 13.8. The van der Waals surface area contributed by atoms with Crippen molar-refractivity contribution >= 4 is 16.7 Å². The highest BCUT2D eigenvalue weighted by molar-refractivity contribution is 5.88. The zero-order chi connectivity index (χ0) is 21.6. The van der Waals surface area contributed by atoms with Gasteiger partial charge in [-0.25, -0.2) is 0 Å². The van der Waals surface area contributed by atoms with Crippen LogP contribution in [-0.4, -0.2) is 19.1 Å². The van der Waals surface area contributed by atoms with E-state index < -0.39 is 0 Å². The van der Waals surface area contributed by atoms with Crippen molar-refractivity contribution in [3.63, 3.8) is 0 Å². The third-order valence-corrected chi connectivity index (χ3v) is 4.92. The highest BCUT2D eigenvalue weighted by Gasteiger charge is 1.99. The topological polar surface area (TPSA) is 38.3 Å². The summed E-state index contributed by atoms with van der Waals surface area (Å²) in [7, 11) is 0. The Balaban J connectivity index is 1.50. The molecule has 2 rings (SSSR count). The van der Waals surface area contributed by atoms with E-state index in [1.165, 1.54) is 35.6 Å². The number of ether oxygens (including phenoxy) is 1. The standard InChI is InChI=1S/C27H37NO2/c1-22(2)20-28-27(29)18-23(3)12-8-6-4-5-7-11-17-30-21-24-15-16-25-13-9-10-14-26(25)19-24/h8-10,12-16,18-19,22H,4-7,11,17,20-21H2,1-3H3,(H,28,29)/b12-8+,23-18+. The number of unbranched alkanes of at least 4 members (excludes halogenated alkanes) is 4. The van der Waals surface area contributed by atoms with E-state index in [0.29, 0.717) is 12.5 Å².